The van der Waals surface area contributed by atoms with Gasteiger partial charge in [0.05, 0.1) is 34.0 Å². The molecule has 2 aromatic heterocycles. The third-order valence-electron chi connectivity index (χ3n) is 4.60. The first-order valence-electron chi connectivity index (χ1n) is 8.79. The Morgan fingerprint density at radius 1 is 1.50 bits per heavy atom. The number of rotatable bonds is 2. The second-order valence-electron chi connectivity index (χ2n) is 7.76. The Hall–Kier alpha value is -2.15. The SMILES string of the molecule is CN(C(=O)OC(C)(C)C)[C@@H]1CCCN(c2c(Cl)cnc3[nH]cc(N)c23)C1. The average molecular weight is 380 g/mol. The van der Waals surface area contributed by atoms with E-state index in [2.05, 4.69) is 14.9 Å². The smallest absolute Gasteiger partial charge is 0.410 e. The summed E-state index contributed by atoms with van der Waals surface area (Å²) in [6.07, 6.45) is 4.92. The zero-order valence-corrected chi connectivity index (χ0v) is 16.4. The molecular weight excluding hydrogens is 354 g/mol. The lowest BCUT2D eigenvalue weighted by molar-refractivity contribution is 0.0210. The molecule has 1 amide bonds. The van der Waals surface area contributed by atoms with Crippen molar-refractivity contribution in [1.82, 2.24) is 14.9 Å². The molecule has 2 aromatic rings. The maximum atomic E-state index is 12.4. The van der Waals surface area contributed by atoms with Crippen LogP contribution in [0.3, 0.4) is 0 Å². The molecule has 0 saturated carbocycles. The number of halogens is 1. The van der Waals surface area contributed by atoms with Crippen LogP contribution in [0, 0.1) is 0 Å². The summed E-state index contributed by atoms with van der Waals surface area (Å²) in [6.45, 7) is 7.12. The minimum atomic E-state index is -0.514. The number of carbonyl (C=O) groups is 1. The van der Waals surface area contributed by atoms with Crippen molar-refractivity contribution < 1.29 is 9.53 Å². The number of hydrogen-bond acceptors (Lipinski definition) is 5. The van der Waals surface area contributed by atoms with E-state index in [0.29, 0.717) is 22.9 Å². The second-order valence-corrected chi connectivity index (χ2v) is 8.16. The van der Waals surface area contributed by atoms with Gasteiger partial charge in [-0.2, -0.15) is 0 Å². The highest BCUT2D eigenvalue weighted by molar-refractivity contribution is 6.35. The molecule has 0 unspecified atom stereocenters. The van der Waals surface area contributed by atoms with Gasteiger partial charge in [-0.25, -0.2) is 9.78 Å². The van der Waals surface area contributed by atoms with Gasteiger partial charge < -0.3 is 25.3 Å². The Morgan fingerprint density at radius 3 is 2.92 bits per heavy atom. The number of anilines is 2. The van der Waals surface area contributed by atoms with Crippen LogP contribution in [0.4, 0.5) is 16.2 Å². The van der Waals surface area contributed by atoms with Crippen LogP contribution in [0.15, 0.2) is 12.4 Å². The summed E-state index contributed by atoms with van der Waals surface area (Å²) >= 11 is 6.46. The number of nitrogens with zero attached hydrogens (tertiary/aromatic N) is 3. The molecule has 1 fully saturated rings. The maximum absolute atomic E-state index is 12.4. The standard InChI is InChI=1S/C18H26ClN5O2/c1-18(2,3)26-17(25)23(4)11-6-5-7-24(10-11)15-12(19)8-21-16-14(15)13(20)9-22-16/h8-9,11H,5-7,10,20H2,1-4H3,(H,21,22)/t11-/m1/s1. The lowest BCUT2D eigenvalue weighted by Gasteiger charge is -2.39. The molecule has 1 atom stereocenters. The molecule has 0 bridgehead atoms. The van der Waals surface area contributed by atoms with Crippen molar-refractivity contribution in [1.29, 1.82) is 0 Å². The predicted octanol–water partition coefficient (Wildman–Crippen LogP) is 3.63. The number of nitrogens with two attached hydrogens (primary N) is 1. The maximum Gasteiger partial charge on any atom is 0.410 e. The number of piperidine rings is 1. The number of pyridine rings is 1. The van der Waals surface area contributed by atoms with Crippen LogP contribution in [0.1, 0.15) is 33.6 Å². The molecule has 142 valence electrons. The van der Waals surface area contributed by atoms with Crippen LogP contribution in [-0.4, -0.2) is 52.7 Å². The number of fused-ring (bicyclic) bond motifs is 1. The van der Waals surface area contributed by atoms with Crippen molar-refractivity contribution in [2.24, 2.45) is 0 Å². The minimum Gasteiger partial charge on any atom is -0.444 e. The molecule has 8 heteroatoms. The van der Waals surface area contributed by atoms with Gasteiger partial charge in [0.25, 0.3) is 0 Å². The molecule has 7 nitrogen and oxygen atoms in total. The van der Waals surface area contributed by atoms with Gasteiger partial charge in [-0.3, -0.25) is 0 Å². The van der Waals surface area contributed by atoms with E-state index in [1.807, 2.05) is 20.8 Å². The van der Waals surface area contributed by atoms with E-state index >= 15 is 0 Å². The Bertz CT molecular complexity index is 814. The van der Waals surface area contributed by atoms with E-state index in [0.717, 1.165) is 30.5 Å². The van der Waals surface area contributed by atoms with Crippen LogP contribution >= 0.6 is 11.6 Å². The molecule has 3 heterocycles. The molecule has 26 heavy (non-hydrogen) atoms. The van der Waals surface area contributed by atoms with Crippen molar-refractivity contribution >= 4 is 40.1 Å². The molecule has 0 radical (unpaired) electrons. The third-order valence-corrected chi connectivity index (χ3v) is 4.88. The van der Waals surface area contributed by atoms with E-state index in [4.69, 9.17) is 22.1 Å². The highest BCUT2D eigenvalue weighted by Crippen LogP contribution is 2.38. The van der Waals surface area contributed by atoms with Crippen molar-refractivity contribution in [3.05, 3.63) is 17.4 Å². The molecule has 3 N–H and O–H groups in total. The van der Waals surface area contributed by atoms with E-state index in [9.17, 15) is 4.79 Å². The van der Waals surface area contributed by atoms with Gasteiger partial charge in [0.1, 0.15) is 11.2 Å². The molecule has 0 aliphatic carbocycles. The van der Waals surface area contributed by atoms with E-state index in [-0.39, 0.29) is 12.1 Å². The summed E-state index contributed by atoms with van der Waals surface area (Å²) in [7, 11) is 1.79. The zero-order valence-electron chi connectivity index (χ0n) is 15.7. The lowest BCUT2D eigenvalue weighted by atomic mass is 10.0. The Kier molecular flexibility index (Phi) is 4.92. The third kappa shape index (κ3) is 3.67. The number of nitrogens with one attached hydrogen (secondary N) is 1. The Morgan fingerprint density at radius 2 is 2.23 bits per heavy atom. The number of aromatic amines is 1. The second kappa shape index (κ2) is 6.87. The van der Waals surface area contributed by atoms with Crippen LogP contribution in [0.5, 0.6) is 0 Å². The van der Waals surface area contributed by atoms with Crippen LogP contribution < -0.4 is 10.6 Å². The summed E-state index contributed by atoms with van der Waals surface area (Å²) in [5.41, 5.74) is 7.81. The predicted molar refractivity (Wildman–Crippen MR) is 105 cm³/mol. The summed E-state index contributed by atoms with van der Waals surface area (Å²) in [5.74, 6) is 0. The monoisotopic (exact) mass is 379 g/mol. The van der Waals surface area contributed by atoms with Gasteiger partial charge in [0.15, 0.2) is 0 Å². The van der Waals surface area contributed by atoms with Gasteiger partial charge in [0.2, 0.25) is 0 Å². The fourth-order valence-corrected chi connectivity index (χ4v) is 3.61. The number of hydrogen-bond donors (Lipinski definition) is 2. The molecule has 1 aliphatic rings. The largest absolute Gasteiger partial charge is 0.444 e. The topological polar surface area (TPSA) is 87.5 Å². The molecule has 3 rings (SSSR count). The van der Waals surface area contributed by atoms with Crippen LogP contribution in [-0.2, 0) is 4.74 Å². The Labute approximate surface area is 158 Å². The molecule has 0 aromatic carbocycles. The van der Waals surface area contributed by atoms with Crippen molar-refractivity contribution in [2.75, 3.05) is 30.8 Å². The first-order valence-corrected chi connectivity index (χ1v) is 9.17. The average Bonchev–Trinajstić information content (AvgIpc) is 2.94. The number of H-pyrrole nitrogens is 1. The summed E-state index contributed by atoms with van der Waals surface area (Å²) < 4.78 is 5.50. The first-order chi connectivity index (χ1) is 12.2. The minimum absolute atomic E-state index is 0.0399. The summed E-state index contributed by atoms with van der Waals surface area (Å²) in [4.78, 5) is 23.7. The zero-order chi connectivity index (χ0) is 19.1. The van der Waals surface area contributed by atoms with Gasteiger partial charge >= 0.3 is 6.09 Å². The molecular formula is C18H26ClN5O2. The fraction of sp³-hybridized carbons (Fsp3) is 0.556. The van der Waals surface area contributed by atoms with E-state index in [1.54, 1.807) is 24.3 Å². The van der Waals surface area contributed by atoms with Crippen molar-refractivity contribution in [3.8, 4) is 0 Å². The number of likely N-dealkylation sites (N-methyl/N-ethyl adjacent to an activating group) is 1. The Balaban J connectivity index is 1.84. The normalized spacial score (nSPS) is 18.2. The van der Waals surface area contributed by atoms with Gasteiger partial charge in [-0.15, -0.1) is 0 Å². The van der Waals surface area contributed by atoms with Gasteiger partial charge in [0, 0.05) is 26.3 Å². The van der Waals surface area contributed by atoms with Crippen molar-refractivity contribution in [3.63, 3.8) is 0 Å². The van der Waals surface area contributed by atoms with Crippen molar-refractivity contribution in [2.45, 2.75) is 45.3 Å². The quantitative estimate of drug-likeness (QED) is 0.831. The van der Waals surface area contributed by atoms with Crippen LogP contribution in [0.25, 0.3) is 11.0 Å². The number of carbonyl (C=O) groups excluding carboxylic acids is 1. The number of nitrogen functional groups attached to an aromatic ring is 1. The van der Waals surface area contributed by atoms with E-state index in [1.165, 1.54) is 0 Å². The highest BCUT2D eigenvalue weighted by atomic mass is 35.5. The summed E-state index contributed by atoms with van der Waals surface area (Å²) in [5, 5.41) is 1.39. The van der Waals surface area contributed by atoms with Gasteiger partial charge in [-0.05, 0) is 33.6 Å². The van der Waals surface area contributed by atoms with E-state index < -0.39 is 5.60 Å². The lowest BCUT2D eigenvalue weighted by Crippen LogP contribution is -2.50. The molecule has 0 spiro atoms. The highest BCUT2D eigenvalue weighted by Gasteiger charge is 2.31. The van der Waals surface area contributed by atoms with Crippen LogP contribution in [0.2, 0.25) is 5.02 Å². The van der Waals surface area contributed by atoms with Gasteiger partial charge in [-0.1, -0.05) is 11.6 Å². The number of ether oxygens (including phenoxy) is 1. The first kappa shape index (κ1) is 18.6. The fourth-order valence-electron chi connectivity index (χ4n) is 3.35. The number of aromatic nitrogens is 2. The molecule has 1 aliphatic heterocycles. The molecule has 1 saturated heterocycles. The number of amides is 1. The summed E-state index contributed by atoms with van der Waals surface area (Å²) in [6, 6.07) is 0.0399.